The van der Waals surface area contributed by atoms with Crippen molar-refractivity contribution in [2.75, 3.05) is 37.6 Å². The fourth-order valence-electron chi connectivity index (χ4n) is 3.59. The zero-order chi connectivity index (χ0) is 16.5. The number of hydrogen-bond donors (Lipinski definition) is 1. The van der Waals surface area contributed by atoms with Crippen molar-refractivity contribution in [3.05, 3.63) is 18.1 Å². The highest BCUT2D eigenvalue weighted by Gasteiger charge is 2.26. The van der Waals surface area contributed by atoms with Crippen LogP contribution < -0.4 is 10.2 Å². The maximum absolute atomic E-state index is 12.5. The lowest BCUT2D eigenvalue weighted by Gasteiger charge is -2.36. The maximum atomic E-state index is 12.5. The molecule has 0 radical (unpaired) electrons. The fourth-order valence-corrected chi connectivity index (χ4v) is 3.59. The van der Waals surface area contributed by atoms with Gasteiger partial charge < -0.3 is 15.1 Å². The maximum Gasteiger partial charge on any atom is 0.254 e. The van der Waals surface area contributed by atoms with Gasteiger partial charge in [-0.2, -0.15) is 14.6 Å². The summed E-state index contributed by atoms with van der Waals surface area (Å²) in [5.74, 6) is 1.89. The summed E-state index contributed by atoms with van der Waals surface area (Å²) in [6.07, 6.45) is 4.45. The summed E-state index contributed by atoms with van der Waals surface area (Å²) in [5, 5.41) is 7.67. The number of rotatable bonds is 3. The zero-order valence-corrected chi connectivity index (χ0v) is 16.4. The Kier molecular flexibility index (Phi) is 7.02. The van der Waals surface area contributed by atoms with E-state index in [-0.39, 0.29) is 30.7 Å². The van der Waals surface area contributed by atoms with Gasteiger partial charge in [0.15, 0.2) is 0 Å². The minimum atomic E-state index is 0. The number of piperazine rings is 1. The number of aromatic nitrogens is 4. The third-order valence-electron chi connectivity index (χ3n) is 4.90. The zero-order valence-electron chi connectivity index (χ0n) is 14.8. The van der Waals surface area contributed by atoms with Crippen molar-refractivity contribution < 1.29 is 4.79 Å². The van der Waals surface area contributed by atoms with Gasteiger partial charge in [0.1, 0.15) is 12.1 Å². The highest BCUT2D eigenvalue weighted by molar-refractivity contribution is 5.85. The summed E-state index contributed by atoms with van der Waals surface area (Å²) < 4.78 is 1.77. The summed E-state index contributed by atoms with van der Waals surface area (Å²) in [7, 11) is 0. The van der Waals surface area contributed by atoms with Crippen LogP contribution in [0.15, 0.2) is 12.4 Å². The SMILES string of the molecule is Cc1cc(N2CCN(C(=O)CC3CCCN3)CC2)n2ncnc2n1.Cl.Cl. The van der Waals surface area contributed by atoms with Crippen molar-refractivity contribution in [2.45, 2.75) is 32.2 Å². The van der Waals surface area contributed by atoms with Crippen LogP contribution >= 0.6 is 24.8 Å². The number of anilines is 1. The third-order valence-corrected chi connectivity index (χ3v) is 4.90. The van der Waals surface area contributed by atoms with Gasteiger partial charge in [0, 0.05) is 50.4 Å². The van der Waals surface area contributed by atoms with Crippen LogP contribution in [0.3, 0.4) is 0 Å². The Morgan fingerprint density at radius 3 is 2.73 bits per heavy atom. The Morgan fingerprint density at radius 2 is 2.04 bits per heavy atom. The summed E-state index contributed by atoms with van der Waals surface area (Å²) in [4.78, 5) is 25.3. The van der Waals surface area contributed by atoms with Crippen LogP contribution in [0.5, 0.6) is 0 Å². The second-order valence-corrected chi connectivity index (χ2v) is 6.59. The summed E-state index contributed by atoms with van der Waals surface area (Å²) in [6, 6.07) is 2.40. The second kappa shape index (κ2) is 8.83. The van der Waals surface area contributed by atoms with Crippen LogP contribution in [0.2, 0.25) is 0 Å². The number of nitrogens with zero attached hydrogens (tertiary/aromatic N) is 6. The molecule has 1 unspecified atom stereocenters. The summed E-state index contributed by atoms with van der Waals surface area (Å²) in [5.41, 5.74) is 0.927. The molecule has 1 N–H and O–H groups in total. The van der Waals surface area contributed by atoms with Gasteiger partial charge in [0.05, 0.1) is 0 Å². The highest BCUT2D eigenvalue weighted by atomic mass is 35.5. The Balaban J connectivity index is 0.00000121. The molecular formula is C16H25Cl2N7O. The van der Waals surface area contributed by atoms with Crippen LogP contribution in [0.4, 0.5) is 5.82 Å². The van der Waals surface area contributed by atoms with Crippen LogP contribution in [-0.4, -0.2) is 69.2 Å². The lowest BCUT2D eigenvalue weighted by molar-refractivity contribution is -0.131. The first kappa shape index (κ1) is 20.7. The van der Waals surface area contributed by atoms with E-state index >= 15 is 0 Å². The van der Waals surface area contributed by atoms with E-state index in [0.717, 1.165) is 50.7 Å². The van der Waals surface area contributed by atoms with Crippen LogP contribution in [0, 0.1) is 6.92 Å². The largest absolute Gasteiger partial charge is 0.353 e. The lowest BCUT2D eigenvalue weighted by atomic mass is 10.1. The fraction of sp³-hybridized carbons (Fsp3) is 0.625. The van der Waals surface area contributed by atoms with Crippen molar-refractivity contribution in [1.82, 2.24) is 29.8 Å². The van der Waals surface area contributed by atoms with Gasteiger partial charge in [-0.1, -0.05) is 0 Å². The summed E-state index contributed by atoms with van der Waals surface area (Å²) >= 11 is 0. The average Bonchev–Trinajstić information content (AvgIpc) is 3.25. The predicted molar refractivity (Wildman–Crippen MR) is 104 cm³/mol. The molecule has 0 spiro atoms. The van der Waals surface area contributed by atoms with Gasteiger partial charge in [-0.25, -0.2) is 4.98 Å². The van der Waals surface area contributed by atoms with Crippen LogP contribution in [0.1, 0.15) is 25.0 Å². The van der Waals surface area contributed by atoms with Gasteiger partial charge in [0.25, 0.3) is 5.78 Å². The molecule has 2 aliphatic heterocycles. The molecule has 8 nitrogen and oxygen atoms in total. The van der Waals surface area contributed by atoms with E-state index in [1.807, 2.05) is 17.9 Å². The van der Waals surface area contributed by atoms with Gasteiger partial charge in [-0.3, -0.25) is 4.79 Å². The molecule has 4 rings (SSSR count). The number of carbonyl (C=O) groups is 1. The van der Waals surface area contributed by atoms with Gasteiger partial charge >= 0.3 is 0 Å². The Labute approximate surface area is 165 Å². The van der Waals surface area contributed by atoms with Crippen LogP contribution in [0.25, 0.3) is 5.78 Å². The molecule has 10 heteroatoms. The molecule has 2 aromatic heterocycles. The first-order valence-corrected chi connectivity index (χ1v) is 8.64. The number of fused-ring (bicyclic) bond motifs is 1. The molecule has 0 bridgehead atoms. The minimum absolute atomic E-state index is 0. The molecule has 2 fully saturated rings. The smallest absolute Gasteiger partial charge is 0.254 e. The number of amides is 1. The first-order chi connectivity index (χ1) is 11.7. The summed E-state index contributed by atoms with van der Waals surface area (Å²) in [6.45, 7) is 6.13. The number of nitrogens with one attached hydrogen (secondary N) is 1. The topological polar surface area (TPSA) is 78.7 Å². The highest BCUT2D eigenvalue weighted by Crippen LogP contribution is 2.19. The molecule has 1 amide bonds. The van der Waals surface area contributed by atoms with Crippen molar-refractivity contribution in [3.63, 3.8) is 0 Å². The number of hydrogen-bond acceptors (Lipinski definition) is 6. The van der Waals surface area contributed by atoms with E-state index in [9.17, 15) is 4.79 Å². The molecule has 4 heterocycles. The molecule has 26 heavy (non-hydrogen) atoms. The minimum Gasteiger partial charge on any atom is -0.353 e. The quantitative estimate of drug-likeness (QED) is 0.828. The van der Waals surface area contributed by atoms with Crippen molar-refractivity contribution in [3.8, 4) is 0 Å². The molecular weight excluding hydrogens is 377 g/mol. The van der Waals surface area contributed by atoms with E-state index in [1.54, 1.807) is 4.52 Å². The van der Waals surface area contributed by atoms with E-state index in [2.05, 4.69) is 25.3 Å². The monoisotopic (exact) mass is 401 g/mol. The van der Waals surface area contributed by atoms with Gasteiger partial charge in [0.2, 0.25) is 5.91 Å². The van der Waals surface area contributed by atoms with E-state index in [4.69, 9.17) is 0 Å². The van der Waals surface area contributed by atoms with E-state index in [0.29, 0.717) is 18.2 Å². The second-order valence-electron chi connectivity index (χ2n) is 6.59. The van der Waals surface area contributed by atoms with E-state index in [1.165, 1.54) is 12.7 Å². The number of carbonyl (C=O) groups excluding carboxylic acids is 1. The molecule has 0 saturated carbocycles. The normalized spacial score (nSPS) is 20.0. The van der Waals surface area contributed by atoms with Gasteiger partial charge in [-0.05, 0) is 26.3 Å². The molecule has 1 atom stereocenters. The Morgan fingerprint density at radius 1 is 1.27 bits per heavy atom. The molecule has 144 valence electrons. The molecule has 0 aromatic carbocycles. The molecule has 2 aliphatic rings. The van der Waals surface area contributed by atoms with Crippen molar-refractivity contribution >= 4 is 42.3 Å². The Hall–Kier alpha value is -1.64. The number of halogens is 2. The molecule has 2 aromatic rings. The van der Waals surface area contributed by atoms with Gasteiger partial charge in [-0.15, -0.1) is 24.8 Å². The van der Waals surface area contributed by atoms with E-state index < -0.39 is 0 Å². The number of aryl methyl sites for hydroxylation is 1. The van der Waals surface area contributed by atoms with Crippen LogP contribution in [-0.2, 0) is 4.79 Å². The van der Waals surface area contributed by atoms with Crippen molar-refractivity contribution in [1.29, 1.82) is 0 Å². The Bertz CT molecular complexity index is 739. The average molecular weight is 402 g/mol. The molecule has 2 saturated heterocycles. The lowest BCUT2D eigenvalue weighted by Crippen LogP contribution is -2.50. The first-order valence-electron chi connectivity index (χ1n) is 8.64. The molecule has 0 aliphatic carbocycles. The standard InChI is InChI=1S/C16H23N7O.2ClH/c1-12-9-14(23-16(20-12)18-11-19-23)21-5-7-22(8-6-21)15(24)10-13-3-2-4-17-13;;/h9,11,13,17H,2-8,10H2,1H3;2*1H. The predicted octanol–water partition coefficient (Wildman–Crippen LogP) is 1.07. The third kappa shape index (κ3) is 4.19. The van der Waals surface area contributed by atoms with Crippen molar-refractivity contribution in [2.24, 2.45) is 0 Å².